The van der Waals surface area contributed by atoms with E-state index in [2.05, 4.69) is 5.10 Å². The molecule has 0 aromatic carbocycles. The molecular weight excluding hydrogens is 171 g/mol. The molecule has 1 aromatic rings. The van der Waals surface area contributed by atoms with E-state index < -0.39 is 12.8 Å². The number of aliphatic hydroxyl groups excluding tert-OH is 1. The number of alkyl halides is 1. The molecule has 13 heavy (non-hydrogen) atoms. The van der Waals surface area contributed by atoms with Gasteiger partial charge in [0.1, 0.15) is 12.8 Å². The molecule has 1 rings (SSSR count). The first kappa shape index (κ1) is 10.2. The van der Waals surface area contributed by atoms with Crippen molar-refractivity contribution in [1.82, 2.24) is 9.78 Å². The van der Waals surface area contributed by atoms with Crippen LogP contribution in [-0.4, -0.2) is 21.6 Å². The third kappa shape index (κ3) is 2.28. The molecule has 0 spiro atoms. The van der Waals surface area contributed by atoms with Crippen molar-refractivity contribution in [2.24, 2.45) is 0 Å². The Morgan fingerprint density at radius 2 is 2.23 bits per heavy atom. The van der Waals surface area contributed by atoms with Gasteiger partial charge in [-0.2, -0.15) is 5.10 Å². The molecule has 0 fully saturated rings. The van der Waals surface area contributed by atoms with Gasteiger partial charge in [-0.05, 0) is 20.8 Å². The Bertz CT molecular complexity index is 277. The van der Waals surface area contributed by atoms with Crippen molar-refractivity contribution in [2.75, 3.05) is 6.67 Å². The maximum absolute atomic E-state index is 12.1. The Labute approximate surface area is 77.2 Å². The zero-order valence-corrected chi connectivity index (χ0v) is 8.16. The molecule has 0 aliphatic rings. The molecule has 0 bridgehead atoms. The normalized spacial score (nSPS) is 14.5. The van der Waals surface area contributed by atoms with E-state index in [9.17, 15) is 9.50 Å². The molecular formula is C9H15FN2O. The molecule has 1 N–H and O–H groups in total. The maximum atomic E-state index is 12.1. The first-order valence-corrected chi connectivity index (χ1v) is 4.24. The summed E-state index contributed by atoms with van der Waals surface area (Å²) in [7, 11) is 0. The van der Waals surface area contributed by atoms with Gasteiger partial charge in [-0.15, -0.1) is 0 Å². The number of nitrogens with zero attached hydrogens (tertiary/aromatic N) is 2. The number of rotatable bonds is 2. The summed E-state index contributed by atoms with van der Waals surface area (Å²) in [6.07, 6.45) is 2.12. The molecule has 1 unspecified atom stereocenters. The van der Waals surface area contributed by atoms with E-state index in [0.29, 0.717) is 5.56 Å². The third-order valence-electron chi connectivity index (χ3n) is 1.82. The number of aromatic nitrogens is 2. The van der Waals surface area contributed by atoms with Gasteiger partial charge in [0.15, 0.2) is 0 Å². The minimum atomic E-state index is -1.05. The van der Waals surface area contributed by atoms with Gasteiger partial charge in [-0.3, -0.25) is 4.68 Å². The van der Waals surface area contributed by atoms with E-state index in [1.807, 2.05) is 20.8 Å². The van der Waals surface area contributed by atoms with Gasteiger partial charge in [0.2, 0.25) is 0 Å². The number of hydrogen-bond donors (Lipinski definition) is 1. The number of hydrogen-bond acceptors (Lipinski definition) is 2. The predicted molar refractivity (Wildman–Crippen MR) is 48.2 cm³/mol. The maximum Gasteiger partial charge on any atom is 0.120 e. The molecule has 74 valence electrons. The zero-order valence-electron chi connectivity index (χ0n) is 8.16. The van der Waals surface area contributed by atoms with Crippen molar-refractivity contribution in [3.8, 4) is 0 Å². The highest BCUT2D eigenvalue weighted by Gasteiger charge is 2.16. The largest absolute Gasteiger partial charge is 0.386 e. The van der Waals surface area contributed by atoms with Crippen molar-refractivity contribution in [3.05, 3.63) is 18.0 Å². The third-order valence-corrected chi connectivity index (χ3v) is 1.82. The fraction of sp³-hybridized carbons (Fsp3) is 0.667. The molecule has 0 saturated carbocycles. The summed E-state index contributed by atoms with van der Waals surface area (Å²) in [4.78, 5) is 0. The summed E-state index contributed by atoms with van der Waals surface area (Å²) in [5, 5.41) is 13.2. The van der Waals surface area contributed by atoms with Gasteiger partial charge in [-0.1, -0.05) is 0 Å². The van der Waals surface area contributed by atoms with E-state index in [1.165, 1.54) is 6.20 Å². The molecule has 1 heterocycles. The molecule has 1 atom stereocenters. The van der Waals surface area contributed by atoms with E-state index in [-0.39, 0.29) is 5.54 Å². The number of halogens is 1. The summed E-state index contributed by atoms with van der Waals surface area (Å²) in [6, 6.07) is 0. The quantitative estimate of drug-likeness (QED) is 0.762. The van der Waals surface area contributed by atoms with Crippen LogP contribution in [0.5, 0.6) is 0 Å². The molecule has 0 amide bonds. The Hall–Kier alpha value is -0.900. The predicted octanol–water partition coefficient (Wildman–Crippen LogP) is 1.64. The SMILES string of the molecule is CC(C)(C)n1cc(C(O)CF)cn1. The molecule has 0 saturated heterocycles. The summed E-state index contributed by atoms with van der Waals surface area (Å²) in [5.74, 6) is 0. The lowest BCUT2D eigenvalue weighted by Crippen LogP contribution is -2.22. The topological polar surface area (TPSA) is 38.0 Å². The highest BCUT2D eigenvalue weighted by Crippen LogP contribution is 2.17. The van der Waals surface area contributed by atoms with Crippen molar-refractivity contribution in [1.29, 1.82) is 0 Å². The standard InChI is InChI=1S/C9H15FN2O/c1-9(2,3)12-6-7(5-11-12)8(13)4-10/h5-6,8,13H,4H2,1-3H3. The highest BCUT2D eigenvalue weighted by molar-refractivity contribution is 5.08. The lowest BCUT2D eigenvalue weighted by atomic mass is 10.1. The molecule has 0 aliphatic carbocycles. The van der Waals surface area contributed by atoms with Crippen LogP contribution in [0, 0.1) is 0 Å². The second kappa shape index (κ2) is 3.46. The Balaban J connectivity index is 2.87. The Morgan fingerprint density at radius 3 is 2.62 bits per heavy atom. The van der Waals surface area contributed by atoms with Crippen LogP contribution < -0.4 is 0 Å². The van der Waals surface area contributed by atoms with E-state index in [4.69, 9.17) is 0 Å². The van der Waals surface area contributed by atoms with Crippen molar-refractivity contribution < 1.29 is 9.50 Å². The first-order valence-electron chi connectivity index (χ1n) is 4.24. The van der Waals surface area contributed by atoms with Crippen LogP contribution in [0.2, 0.25) is 0 Å². The minimum absolute atomic E-state index is 0.131. The lowest BCUT2D eigenvalue weighted by Gasteiger charge is -2.18. The van der Waals surface area contributed by atoms with Crippen LogP contribution in [-0.2, 0) is 5.54 Å². The summed E-state index contributed by atoms with van der Waals surface area (Å²) < 4.78 is 13.8. The molecule has 0 radical (unpaired) electrons. The molecule has 0 aliphatic heterocycles. The van der Waals surface area contributed by atoms with Gasteiger partial charge >= 0.3 is 0 Å². The molecule has 4 heteroatoms. The monoisotopic (exact) mass is 186 g/mol. The minimum Gasteiger partial charge on any atom is -0.386 e. The molecule has 1 aromatic heterocycles. The van der Waals surface area contributed by atoms with E-state index in [0.717, 1.165) is 0 Å². The van der Waals surface area contributed by atoms with Gasteiger partial charge < -0.3 is 5.11 Å². The van der Waals surface area contributed by atoms with Crippen molar-refractivity contribution >= 4 is 0 Å². The van der Waals surface area contributed by atoms with Crippen LogP contribution in [0.1, 0.15) is 32.4 Å². The highest BCUT2D eigenvalue weighted by atomic mass is 19.1. The second-order valence-electron chi connectivity index (χ2n) is 4.06. The summed E-state index contributed by atoms with van der Waals surface area (Å²) in [6.45, 7) is 5.21. The van der Waals surface area contributed by atoms with E-state index in [1.54, 1.807) is 10.9 Å². The zero-order chi connectivity index (χ0) is 10.1. The van der Waals surface area contributed by atoms with Gasteiger partial charge in [0.05, 0.1) is 11.7 Å². The summed E-state index contributed by atoms with van der Waals surface area (Å²) >= 11 is 0. The second-order valence-corrected chi connectivity index (χ2v) is 4.06. The van der Waals surface area contributed by atoms with Crippen molar-refractivity contribution in [2.45, 2.75) is 32.4 Å². The Morgan fingerprint density at radius 1 is 1.62 bits per heavy atom. The fourth-order valence-electron chi connectivity index (χ4n) is 0.965. The van der Waals surface area contributed by atoms with Gasteiger partial charge in [0.25, 0.3) is 0 Å². The lowest BCUT2D eigenvalue weighted by molar-refractivity contribution is 0.141. The molecule has 3 nitrogen and oxygen atoms in total. The van der Waals surface area contributed by atoms with Crippen LogP contribution >= 0.6 is 0 Å². The fourth-order valence-corrected chi connectivity index (χ4v) is 0.965. The van der Waals surface area contributed by atoms with Crippen LogP contribution in [0.3, 0.4) is 0 Å². The summed E-state index contributed by atoms with van der Waals surface area (Å²) in [5.41, 5.74) is 0.395. The van der Waals surface area contributed by atoms with Crippen LogP contribution in [0.25, 0.3) is 0 Å². The van der Waals surface area contributed by atoms with Gasteiger partial charge in [-0.25, -0.2) is 4.39 Å². The average molecular weight is 186 g/mol. The van der Waals surface area contributed by atoms with Gasteiger partial charge in [0, 0.05) is 11.8 Å². The smallest absolute Gasteiger partial charge is 0.120 e. The van der Waals surface area contributed by atoms with Crippen LogP contribution in [0.15, 0.2) is 12.4 Å². The first-order chi connectivity index (χ1) is 5.95. The van der Waals surface area contributed by atoms with E-state index >= 15 is 0 Å². The van der Waals surface area contributed by atoms with Crippen LogP contribution in [0.4, 0.5) is 4.39 Å². The Kier molecular flexibility index (Phi) is 2.71. The van der Waals surface area contributed by atoms with Crippen molar-refractivity contribution in [3.63, 3.8) is 0 Å². The number of aliphatic hydroxyl groups is 1. The average Bonchev–Trinajstić information content (AvgIpc) is 2.50.